The van der Waals surface area contributed by atoms with Crippen LogP contribution in [0.2, 0.25) is 5.02 Å². The Kier molecular flexibility index (Phi) is 10.3. The molecule has 170 valence electrons. The standard InChI is InChI=1S/C23H28ClFN2O2.C2H6/c1-6-7-19-21(22(28)29-11-10-23(3,4)5)20(17(13-26)14(2)27-19)16-9-8-15(25)12-18(16)24;1-2/h8-9,12,20,27H,6-7,10-11H2,1-5H3;1-2H3. The second-order valence-corrected chi connectivity index (χ2v) is 8.87. The van der Waals surface area contributed by atoms with Crippen molar-refractivity contribution in [1.29, 1.82) is 5.26 Å². The molecule has 1 heterocycles. The van der Waals surface area contributed by atoms with E-state index in [1.165, 1.54) is 18.2 Å². The normalized spacial score (nSPS) is 16.2. The third-order valence-corrected chi connectivity index (χ3v) is 5.17. The van der Waals surface area contributed by atoms with Crippen LogP contribution in [0.15, 0.2) is 40.7 Å². The summed E-state index contributed by atoms with van der Waals surface area (Å²) in [6.07, 6.45) is 2.14. The maximum Gasteiger partial charge on any atom is 0.336 e. The first-order valence-electron chi connectivity index (χ1n) is 10.8. The average molecular weight is 449 g/mol. The topological polar surface area (TPSA) is 62.1 Å². The number of nitrogens with zero attached hydrogens (tertiary/aromatic N) is 1. The molecule has 6 heteroatoms. The monoisotopic (exact) mass is 448 g/mol. The second-order valence-electron chi connectivity index (χ2n) is 8.46. The number of halogens is 2. The lowest BCUT2D eigenvalue weighted by molar-refractivity contribution is -0.140. The molecule has 0 bridgehead atoms. The van der Waals surface area contributed by atoms with Crippen molar-refractivity contribution in [3.8, 4) is 6.07 Å². The number of nitrogens with one attached hydrogen (secondary N) is 1. The number of benzene rings is 1. The lowest BCUT2D eigenvalue weighted by atomic mass is 9.80. The van der Waals surface area contributed by atoms with E-state index in [0.717, 1.165) is 12.1 Å². The van der Waals surface area contributed by atoms with Gasteiger partial charge in [-0.05, 0) is 42.9 Å². The van der Waals surface area contributed by atoms with Gasteiger partial charge in [-0.1, -0.05) is 65.6 Å². The van der Waals surface area contributed by atoms with Crippen LogP contribution in [0.4, 0.5) is 4.39 Å². The number of carbonyl (C=O) groups excluding carboxylic acids is 1. The molecule has 0 aromatic heterocycles. The second kappa shape index (κ2) is 11.9. The molecule has 4 nitrogen and oxygen atoms in total. The molecule has 0 amide bonds. The molecule has 0 fully saturated rings. The summed E-state index contributed by atoms with van der Waals surface area (Å²) in [4.78, 5) is 13.1. The van der Waals surface area contributed by atoms with Gasteiger partial charge in [-0.15, -0.1) is 0 Å². The van der Waals surface area contributed by atoms with Crippen LogP contribution in [0, 0.1) is 22.6 Å². The molecule has 1 aliphatic rings. The lowest BCUT2D eigenvalue weighted by Crippen LogP contribution is -2.30. The van der Waals surface area contributed by atoms with E-state index in [9.17, 15) is 14.4 Å². The molecule has 0 saturated heterocycles. The highest BCUT2D eigenvalue weighted by Crippen LogP contribution is 2.42. The van der Waals surface area contributed by atoms with E-state index >= 15 is 0 Å². The SMILES string of the molecule is CC.CCCC1=C(C(=O)OCCC(C)(C)C)C(c2ccc(F)cc2Cl)C(C#N)=C(C)N1. The lowest BCUT2D eigenvalue weighted by Gasteiger charge is -2.30. The van der Waals surface area contributed by atoms with Crippen LogP contribution in [-0.2, 0) is 9.53 Å². The van der Waals surface area contributed by atoms with E-state index in [0.29, 0.717) is 35.2 Å². The molecular formula is C25H34ClFN2O2. The summed E-state index contributed by atoms with van der Waals surface area (Å²) in [5.41, 5.74) is 2.67. The van der Waals surface area contributed by atoms with E-state index in [1.54, 1.807) is 6.92 Å². The van der Waals surface area contributed by atoms with Crippen LogP contribution in [-0.4, -0.2) is 12.6 Å². The Morgan fingerprint density at radius 3 is 2.48 bits per heavy atom. The van der Waals surface area contributed by atoms with Crippen molar-refractivity contribution in [2.75, 3.05) is 6.61 Å². The predicted molar refractivity (Wildman–Crippen MR) is 124 cm³/mol. The Hall–Kier alpha value is -2.32. The fraction of sp³-hybridized carbons (Fsp3) is 0.520. The van der Waals surface area contributed by atoms with Crippen molar-refractivity contribution in [3.63, 3.8) is 0 Å². The smallest absolute Gasteiger partial charge is 0.336 e. The van der Waals surface area contributed by atoms with Crippen LogP contribution < -0.4 is 5.32 Å². The van der Waals surface area contributed by atoms with Crippen molar-refractivity contribution >= 4 is 17.6 Å². The Balaban J connectivity index is 0.00000233. The highest BCUT2D eigenvalue weighted by molar-refractivity contribution is 6.31. The fourth-order valence-corrected chi connectivity index (χ4v) is 3.58. The summed E-state index contributed by atoms with van der Waals surface area (Å²) in [6.45, 7) is 14.3. The van der Waals surface area contributed by atoms with E-state index in [2.05, 4.69) is 32.2 Å². The molecule has 1 unspecified atom stereocenters. The van der Waals surface area contributed by atoms with Crippen molar-refractivity contribution in [2.45, 2.75) is 73.6 Å². The van der Waals surface area contributed by atoms with Crippen LogP contribution in [0.1, 0.15) is 79.2 Å². The molecule has 0 radical (unpaired) electrons. The zero-order valence-corrected chi connectivity index (χ0v) is 20.4. The molecule has 1 aromatic carbocycles. The van der Waals surface area contributed by atoms with E-state index in [-0.39, 0.29) is 17.0 Å². The number of nitriles is 1. The van der Waals surface area contributed by atoms with Crippen molar-refractivity contribution < 1.29 is 13.9 Å². The number of dihydropyridines is 1. The molecule has 1 N–H and O–H groups in total. The van der Waals surface area contributed by atoms with Gasteiger partial charge in [0, 0.05) is 16.4 Å². The quantitative estimate of drug-likeness (QED) is 0.474. The molecule has 1 aromatic rings. The third-order valence-electron chi connectivity index (χ3n) is 4.84. The summed E-state index contributed by atoms with van der Waals surface area (Å²) >= 11 is 6.32. The predicted octanol–water partition coefficient (Wildman–Crippen LogP) is 7.02. The molecule has 31 heavy (non-hydrogen) atoms. The number of hydrogen-bond donors (Lipinski definition) is 1. The summed E-state index contributed by atoms with van der Waals surface area (Å²) in [5, 5.41) is 13.2. The first kappa shape index (κ1) is 26.7. The van der Waals surface area contributed by atoms with Gasteiger partial charge in [0.1, 0.15) is 5.82 Å². The third kappa shape index (κ3) is 7.11. The first-order valence-corrected chi connectivity index (χ1v) is 11.2. The number of ether oxygens (including phenoxy) is 1. The van der Waals surface area contributed by atoms with Gasteiger partial charge in [-0.25, -0.2) is 9.18 Å². The van der Waals surface area contributed by atoms with E-state index in [1.807, 2.05) is 20.8 Å². The summed E-state index contributed by atoms with van der Waals surface area (Å²) < 4.78 is 19.2. The Morgan fingerprint density at radius 1 is 1.32 bits per heavy atom. The summed E-state index contributed by atoms with van der Waals surface area (Å²) in [6, 6.07) is 6.21. The van der Waals surface area contributed by atoms with Crippen LogP contribution in [0.5, 0.6) is 0 Å². The van der Waals surface area contributed by atoms with Crippen molar-refractivity contribution in [3.05, 3.63) is 57.1 Å². The number of carbonyl (C=O) groups is 1. The minimum Gasteiger partial charge on any atom is -0.462 e. The van der Waals surface area contributed by atoms with Gasteiger partial charge in [-0.2, -0.15) is 5.26 Å². The van der Waals surface area contributed by atoms with Crippen LogP contribution in [0.25, 0.3) is 0 Å². The number of allylic oxidation sites excluding steroid dienone is 3. The zero-order chi connectivity index (χ0) is 23.8. The fourth-order valence-electron chi connectivity index (χ4n) is 3.31. The van der Waals surface area contributed by atoms with E-state index in [4.69, 9.17) is 16.3 Å². The van der Waals surface area contributed by atoms with Gasteiger partial charge >= 0.3 is 5.97 Å². The summed E-state index contributed by atoms with van der Waals surface area (Å²) in [5.74, 6) is -1.65. The number of hydrogen-bond acceptors (Lipinski definition) is 4. The highest BCUT2D eigenvalue weighted by atomic mass is 35.5. The molecule has 0 aliphatic carbocycles. The van der Waals surface area contributed by atoms with Gasteiger partial charge in [0.05, 0.1) is 29.7 Å². The van der Waals surface area contributed by atoms with Crippen molar-refractivity contribution in [2.24, 2.45) is 5.41 Å². The first-order chi connectivity index (χ1) is 14.6. The Bertz CT molecular complexity index is 892. The van der Waals surface area contributed by atoms with E-state index < -0.39 is 17.7 Å². The molecular weight excluding hydrogens is 415 g/mol. The number of esters is 1. The van der Waals surface area contributed by atoms with Gasteiger partial charge in [-0.3, -0.25) is 0 Å². The van der Waals surface area contributed by atoms with Gasteiger partial charge < -0.3 is 10.1 Å². The van der Waals surface area contributed by atoms with Gasteiger partial charge in [0.2, 0.25) is 0 Å². The largest absolute Gasteiger partial charge is 0.462 e. The maximum absolute atomic E-state index is 13.6. The van der Waals surface area contributed by atoms with Crippen LogP contribution in [0.3, 0.4) is 0 Å². The minimum absolute atomic E-state index is 0.0275. The molecule has 1 atom stereocenters. The molecule has 2 rings (SSSR count). The molecule has 0 saturated carbocycles. The minimum atomic E-state index is -0.696. The zero-order valence-electron chi connectivity index (χ0n) is 19.7. The van der Waals surface area contributed by atoms with Crippen LogP contribution >= 0.6 is 11.6 Å². The Labute approximate surface area is 191 Å². The maximum atomic E-state index is 13.6. The highest BCUT2D eigenvalue weighted by Gasteiger charge is 2.36. The van der Waals surface area contributed by atoms with Gasteiger partial charge in [0.25, 0.3) is 0 Å². The van der Waals surface area contributed by atoms with Crippen molar-refractivity contribution in [1.82, 2.24) is 5.32 Å². The molecule has 0 spiro atoms. The number of rotatable bonds is 6. The summed E-state index contributed by atoms with van der Waals surface area (Å²) in [7, 11) is 0. The van der Waals surface area contributed by atoms with Gasteiger partial charge in [0.15, 0.2) is 0 Å². The average Bonchev–Trinajstić information content (AvgIpc) is 2.68. The Morgan fingerprint density at radius 2 is 1.97 bits per heavy atom. The molecule has 1 aliphatic heterocycles.